The number of amides is 2. The van der Waals surface area contributed by atoms with Gasteiger partial charge in [-0.05, 0) is 57.2 Å². The van der Waals surface area contributed by atoms with Gasteiger partial charge in [0.1, 0.15) is 12.2 Å². The van der Waals surface area contributed by atoms with Crippen molar-refractivity contribution in [2.24, 2.45) is 11.8 Å². The summed E-state index contributed by atoms with van der Waals surface area (Å²) in [5.74, 6) is -1.79. The van der Waals surface area contributed by atoms with E-state index in [1.165, 1.54) is 7.11 Å². The molecule has 0 aliphatic carbocycles. The molecule has 2 amide bonds. The van der Waals surface area contributed by atoms with Crippen LogP contribution in [0.2, 0.25) is 0 Å². The Morgan fingerprint density at radius 1 is 1.09 bits per heavy atom. The Labute approximate surface area is 194 Å². The lowest BCUT2D eigenvalue weighted by Gasteiger charge is -2.29. The van der Waals surface area contributed by atoms with Crippen molar-refractivity contribution in [3.05, 3.63) is 36.7 Å². The highest BCUT2D eigenvalue weighted by atomic mass is 16.6. The smallest absolute Gasteiger partial charge is 0.407 e. The topological polar surface area (TPSA) is 116 Å². The molecule has 0 bridgehead atoms. The Kier molecular flexibility index (Phi) is 9.16. The van der Waals surface area contributed by atoms with Crippen LogP contribution in [-0.2, 0) is 23.8 Å². The second-order valence-electron chi connectivity index (χ2n) is 8.87. The van der Waals surface area contributed by atoms with Crippen LogP contribution in [0.5, 0.6) is 0 Å². The van der Waals surface area contributed by atoms with Crippen molar-refractivity contribution in [2.45, 2.75) is 46.3 Å². The molecule has 0 saturated heterocycles. The Balaban J connectivity index is 2.15. The number of anilines is 1. The SMILES string of the molecule is COC(=O)COC(C)[C@H](C)[C@@H](CNC(=O)OC(C)(C)C)C(=O)Nc1ccc2cnccc2c1. The molecule has 1 aromatic carbocycles. The monoisotopic (exact) mass is 459 g/mol. The van der Waals surface area contributed by atoms with Crippen LogP contribution in [-0.4, -0.2) is 54.9 Å². The van der Waals surface area contributed by atoms with Crippen molar-refractivity contribution in [3.8, 4) is 0 Å². The van der Waals surface area contributed by atoms with E-state index in [1.807, 2.05) is 25.1 Å². The molecule has 2 N–H and O–H groups in total. The summed E-state index contributed by atoms with van der Waals surface area (Å²) in [6.45, 7) is 8.69. The molecule has 180 valence electrons. The van der Waals surface area contributed by atoms with Crippen LogP contribution in [0.25, 0.3) is 10.8 Å². The Morgan fingerprint density at radius 2 is 1.82 bits per heavy atom. The van der Waals surface area contributed by atoms with Gasteiger partial charge in [-0.25, -0.2) is 9.59 Å². The maximum absolute atomic E-state index is 13.2. The first-order valence-corrected chi connectivity index (χ1v) is 10.8. The first-order valence-electron chi connectivity index (χ1n) is 10.8. The molecule has 0 spiro atoms. The summed E-state index contributed by atoms with van der Waals surface area (Å²) >= 11 is 0. The average Bonchev–Trinajstić information content (AvgIpc) is 2.75. The molecule has 9 heteroatoms. The molecule has 1 unspecified atom stereocenters. The fraction of sp³-hybridized carbons (Fsp3) is 0.500. The number of ether oxygens (including phenoxy) is 3. The fourth-order valence-corrected chi connectivity index (χ4v) is 3.16. The summed E-state index contributed by atoms with van der Waals surface area (Å²) in [4.78, 5) is 40.9. The molecule has 0 aliphatic heterocycles. The van der Waals surface area contributed by atoms with Crippen LogP contribution in [0.15, 0.2) is 36.7 Å². The van der Waals surface area contributed by atoms with E-state index in [2.05, 4.69) is 20.4 Å². The summed E-state index contributed by atoms with van der Waals surface area (Å²) < 4.78 is 15.5. The van der Waals surface area contributed by atoms with E-state index in [1.54, 1.807) is 46.2 Å². The van der Waals surface area contributed by atoms with Gasteiger partial charge in [-0.1, -0.05) is 13.0 Å². The molecular weight excluding hydrogens is 426 g/mol. The molecule has 0 aliphatic rings. The first kappa shape index (κ1) is 26.1. The van der Waals surface area contributed by atoms with E-state index in [0.717, 1.165) is 10.8 Å². The van der Waals surface area contributed by atoms with Crippen molar-refractivity contribution < 1.29 is 28.6 Å². The number of fused-ring (bicyclic) bond motifs is 1. The third kappa shape index (κ3) is 8.34. The number of pyridine rings is 1. The van der Waals surface area contributed by atoms with Gasteiger partial charge in [-0.3, -0.25) is 9.78 Å². The van der Waals surface area contributed by atoms with Crippen LogP contribution in [0.1, 0.15) is 34.6 Å². The summed E-state index contributed by atoms with van der Waals surface area (Å²) in [6, 6.07) is 7.38. The zero-order valence-electron chi connectivity index (χ0n) is 20.0. The van der Waals surface area contributed by atoms with Gasteiger partial charge < -0.3 is 24.8 Å². The minimum atomic E-state index is -0.662. The maximum atomic E-state index is 13.2. The molecule has 9 nitrogen and oxygen atoms in total. The van der Waals surface area contributed by atoms with Crippen LogP contribution in [0, 0.1) is 11.8 Å². The van der Waals surface area contributed by atoms with Gasteiger partial charge in [-0.15, -0.1) is 0 Å². The lowest BCUT2D eigenvalue weighted by Crippen LogP contribution is -2.43. The van der Waals surface area contributed by atoms with Gasteiger partial charge in [0.2, 0.25) is 5.91 Å². The third-order valence-electron chi connectivity index (χ3n) is 5.18. The highest BCUT2D eigenvalue weighted by Gasteiger charge is 2.31. The normalized spacial score (nSPS) is 14.1. The summed E-state index contributed by atoms with van der Waals surface area (Å²) in [7, 11) is 1.28. The zero-order chi connectivity index (χ0) is 24.6. The lowest BCUT2D eigenvalue weighted by atomic mass is 9.88. The van der Waals surface area contributed by atoms with Crippen LogP contribution in [0.4, 0.5) is 10.5 Å². The van der Waals surface area contributed by atoms with Gasteiger partial charge in [0.05, 0.1) is 19.1 Å². The number of nitrogens with one attached hydrogen (secondary N) is 2. The number of esters is 1. The molecule has 2 aromatic rings. The van der Waals surface area contributed by atoms with Gasteiger partial charge in [-0.2, -0.15) is 0 Å². The molecule has 1 heterocycles. The predicted octanol–water partition coefficient (Wildman–Crippen LogP) is 3.53. The largest absolute Gasteiger partial charge is 0.467 e. The van der Waals surface area contributed by atoms with Crippen LogP contribution >= 0.6 is 0 Å². The lowest BCUT2D eigenvalue weighted by molar-refractivity contribution is -0.149. The number of aromatic nitrogens is 1. The first-order chi connectivity index (χ1) is 15.5. The van der Waals surface area contributed by atoms with E-state index in [0.29, 0.717) is 5.69 Å². The van der Waals surface area contributed by atoms with Gasteiger partial charge in [0, 0.05) is 30.0 Å². The number of methoxy groups -OCH3 is 1. The van der Waals surface area contributed by atoms with Crippen molar-refractivity contribution in [1.29, 1.82) is 0 Å². The Hall–Kier alpha value is -3.20. The van der Waals surface area contributed by atoms with Crippen molar-refractivity contribution in [3.63, 3.8) is 0 Å². The van der Waals surface area contributed by atoms with Gasteiger partial charge in [0.15, 0.2) is 0 Å². The molecule has 33 heavy (non-hydrogen) atoms. The maximum Gasteiger partial charge on any atom is 0.407 e. The predicted molar refractivity (Wildman–Crippen MR) is 125 cm³/mol. The standard InChI is InChI=1S/C24H33N3O6/c1-15(16(2)32-14-21(28)31-6)20(13-26-23(30)33-24(3,4)5)22(29)27-19-8-7-18-12-25-10-9-17(18)11-19/h7-12,15-16,20H,13-14H2,1-6H3,(H,26,30)(H,27,29)/t15-,16?,20+/m0/s1. The average molecular weight is 460 g/mol. The van der Waals surface area contributed by atoms with Crippen molar-refractivity contribution in [2.75, 3.05) is 25.6 Å². The number of carbonyl (C=O) groups is 3. The van der Waals surface area contributed by atoms with E-state index < -0.39 is 29.7 Å². The van der Waals surface area contributed by atoms with Crippen molar-refractivity contribution >= 4 is 34.4 Å². The summed E-state index contributed by atoms with van der Waals surface area (Å²) in [5, 5.41) is 7.48. The number of hydrogen-bond donors (Lipinski definition) is 2. The summed E-state index contributed by atoms with van der Waals surface area (Å²) in [6.07, 6.45) is 2.36. The number of rotatable bonds is 9. The molecule has 1 aromatic heterocycles. The Morgan fingerprint density at radius 3 is 2.48 bits per heavy atom. The number of alkyl carbamates (subject to hydrolysis) is 1. The highest BCUT2D eigenvalue weighted by molar-refractivity contribution is 5.96. The second kappa shape index (κ2) is 11.6. The van der Waals surface area contributed by atoms with Gasteiger partial charge >= 0.3 is 12.1 Å². The Bertz CT molecular complexity index is 972. The van der Waals surface area contributed by atoms with E-state index >= 15 is 0 Å². The number of nitrogens with zero attached hydrogens (tertiary/aromatic N) is 1. The van der Waals surface area contributed by atoms with E-state index in [4.69, 9.17) is 9.47 Å². The molecule has 0 saturated carbocycles. The molecule has 3 atom stereocenters. The third-order valence-corrected chi connectivity index (χ3v) is 5.18. The molecule has 2 rings (SSSR count). The fourth-order valence-electron chi connectivity index (χ4n) is 3.16. The number of benzene rings is 1. The molecule has 0 fully saturated rings. The van der Waals surface area contributed by atoms with Crippen LogP contribution in [0.3, 0.4) is 0 Å². The molecular formula is C24H33N3O6. The van der Waals surface area contributed by atoms with Crippen molar-refractivity contribution in [1.82, 2.24) is 10.3 Å². The number of carbonyl (C=O) groups excluding carboxylic acids is 3. The number of hydrogen-bond acceptors (Lipinski definition) is 7. The zero-order valence-corrected chi connectivity index (χ0v) is 20.0. The van der Waals surface area contributed by atoms with E-state index in [-0.39, 0.29) is 25.0 Å². The summed E-state index contributed by atoms with van der Waals surface area (Å²) in [5.41, 5.74) is -0.0408. The van der Waals surface area contributed by atoms with Crippen LogP contribution < -0.4 is 10.6 Å². The quantitative estimate of drug-likeness (QED) is 0.551. The highest BCUT2D eigenvalue weighted by Crippen LogP contribution is 2.23. The minimum Gasteiger partial charge on any atom is -0.467 e. The van der Waals surface area contributed by atoms with Gasteiger partial charge in [0.25, 0.3) is 0 Å². The minimum absolute atomic E-state index is 0.0331. The van der Waals surface area contributed by atoms with E-state index in [9.17, 15) is 14.4 Å². The molecule has 0 radical (unpaired) electrons. The second-order valence-corrected chi connectivity index (χ2v) is 8.87.